The first-order valence-electron chi connectivity index (χ1n) is 9.58. The first kappa shape index (κ1) is 32.1. The molecule has 16 heteroatoms. The molecule has 2 unspecified atom stereocenters. The Morgan fingerprint density at radius 1 is 0.559 bits per heavy atom. The minimum absolute atomic E-state index is 0.467. The highest BCUT2D eigenvalue weighted by molar-refractivity contribution is 5.72. The van der Waals surface area contributed by atoms with Crippen LogP contribution in [-0.4, -0.2) is 60.7 Å². The van der Waals surface area contributed by atoms with Crippen molar-refractivity contribution in [1.82, 2.24) is 0 Å². The van der Waals surface area contributed by atoms with Crippen molar-refractivity contribution in [2.75, 3.05) is 13.2 Å². The lowest BCUT2D eigenvalue weighted by atomic mass is 9.86. The maximum atomic E-state index is 13.9. The van der Waals surface area contributed by atoms with E-state index in [4.69, 9.17) is 0 Å². The molecule has 34 heavy (non-hydrogen) atoms. The summed E-state index contributed by atoms with van der Waals surface area (Å²) in [5, 5.41) is 0. The topological polar surface area (TPSA) is 52.6 Å². The molecule has 0 aromatic rings. The maximum Gasteiger partial charge on any atom is 0.384 e. The van der Waals surface area contributed by atoms with Crippen LogP contribution in [0.2, 0.25) is 0 Å². The van der Waals surface area contributed by atoms with Crippen LogP contribution in [-0.2, 0) is 19.1 Å². The standard InChI is InChI=1S/C18H22F12O4/c1-5-33-11(31)9(3)7-13(19,20)15(23,24)17(27,28)18(29,30)16(25,26)14(21,22)8-10(4)12(32)34-6-2/h9-10H,5-8H2,1-4H3. The number of hydrogen-bond acceptors (Lipinski definition) is 4. The Balaban J connectivity index is 6.21. The summed E-state index contributed by atoms with van der Waals surface area (Å²) in [5.74, 6) is -50.5. The highest BCUT2D eigenvalue weighted by Crippen LogP contribution is 2.61. The van der Waals surface area contributed by atoms with Crippen LogP contribution < -0.4 is 0 Å². The van der Waals surface area contributed by atoms with Gasteiger partial charge in [-0.15, -0.1) is 0 Å². The van der Waals surface area contributed by atoms with Crippen molar-refractivity contribution in [1.29, 1.82) is 0 Å². The van der Waals surface area contributed by atoms with Crippen LogP contribution in [0.4, 0.5) is 52.7 Å². The fraction of sp³-hybridized carbons (Fsp3) is 0.889. The molecule has 0 aliphatic heterocycles. The van der Waals surface area contributed by atoms with E-state index >= 15 is 0 Å². The SMILES string of the molecule is CCOC(=O)C(C)CC(F)(F)C(F)(F)C(F)(F)C(F)(F)C(F)(F)C(F)(F)CC(C)C(=O)OCC. The van der Waals surface area contributed by atoms with Gasteiger partial charge in [-0.2, -0.15) is 52.7 Å². The van der Waals surface area contributed by atoms with E-state index in [1.54, 1.807) is 0 Å². The minimum atomic E-state index is -7.75. The molecule has 0 N–H and O–H groups in total. The third-order valence-corrected chi connectivity index (χ3v) is 4.60. The van der Waals surface area contributed by atoms with Crippen LogP contribution >= 0.6 is 0 Å². The molecule has 0 saturated heterocycles. The first-order valence-corrected chi connectivity index (χ1v) is 9.58. The second-order valence-corrected chi connectivity index (χ2v) is 7.42. The summed E-state index contributed by atoms with van der Waals surface area (Å²) in [5.41, 5.74) is 0. The second-order valence-electron chi connectivity index (χ2n) is 7.42. The zero-order chi connectivity index (χ0) is 27.6. The highest BCUT2D eigenvalue weighted by Gasteiger charge is 2.89. The smallest absolute Gasteiger partial charge is 0.384 e. The third kappa shape index (κ3) is 5.66. The molecule has 0 bridgehead atoms. The van der Waals surface area contributed by atoms with Gasteiger partial charge >= 0.3 is 47.5 Å². The van der Waals surface area contributed by atoms with Crippen molar-refractivity contribution in [3.8, 4) is 0 Å². The van der Waals surface area contributed by atoms with E-state index in [0.29, 0.717) is 13.8 Å². The number of ether oxygens (including phenoxy) is 2. The molecule has 0 aliphatic carbocycles. The molecule has 0 radical (unpaired) electrons. The van der Waals surface area contributed by atoms with Gasteiger partial charge < -0.3 is 9.47 Å². The van der Waals surface area contributed by atoms with Gasteiger partial charge in [-0.1, -0.05) is 13.8 Å². The highest BCUT2D eigenvalue weighted by atomic mass is 19.4. The minimum Gasteiger partial charge on any atom is -0.466 e. The van der Waals surface area contributed by atoms with Gasteiger partial charge in [0, 0.05) is 12.8 Å². The maximum absolute atomic E-state index is 13.9. The molecule has 0 aromatic heterocycles. The number of rotatable bonds is 13. The Morgan fingerprint density at radius 2 is 0.794 bits per heavy atom. The predicted octanol–water partition coefficient (Wildman–Crippen LogP) is 5.98. The Hall–Kier alpha value is -1.90. The van der Waals surface area contributed by atoms with Gasteiger partial charge in [-0.05, 0) is 13.8 Å². The van der Waals surface area contributed by atoms with Gasteiger partial charge in [0.2, 0.25) is 0 Å². The predicted molar refractivity (Wildman–Crippen MR) is 90.5 cm³/mol. The van der Waals surface area contributed by atoms with Gasteiger partial charge in [0.25, 0.3) is 0 Å². The lowest BCUT2D eigenvalue weighted by molar-refractivity contribution is -0.426. The fourth-order valence-electron chi connectivity index (χ4n) is 2.61. The summed E-state index contributed by atoms with van der Waals surface area (Å²) in [6.07, 6.45) is -5.13. The van der Waals surface area contributed by atoms with Crippen molar-refractivity contribution < 1.29 is 71.7 Å². The number of carbonyl (C=O) groups is 2. The van der Waals surface area contributed by atoms with Crippen LogP contribution in [0.1, 0.15) is 40.5 Å². The average Bonchev–Trinajstić information content (AvgIpc) is 2.66. The number of esters is 2. The number of hydrogen-bond donors (Lipinski definition) is 0. The summed E-state index contributed by atoms with van der Waals surface area (Å²) in [7, 11) is 0. The Bertz CT molecular complexity index is 664. The van der Waals surface area contributed by atoms with Gasteiger partial charge in [0.1, 0.15) is 0 Å². The summed E-state index contributed by atoms with van der Waals surface area (Å²) in [6.45, 7) is 2.31. The van der Waals surface area contributed by atoms with Crippen molar-refractivity contribution in [3.63, 3.8) is 0 Å². The molecule has 0 heterocycles. The van der Waals surface area contributed by atoms with E-state index in [-0.39, 0.29) is 0 Å². The normalized spacial score (nSPS) is 16.1. The molecular formula is C18H22F12O4. The van der Waals surface area contributed by atoms with Gasteiger partial charge in [0.05, 0.1) is 25.0 Å². The lowest BCUT2D eigenvalue weighted by Gasteiger charge is -2.42. The second kappa shape index (κ2) is 10.4. The molecule has 0 aliphatic rings. The fourth-order valence-corrected chi connectivity index (χ4v) is 2.61. The monoisotopic (exact) mass is 530 g/mol. The number of carbonyl (C=O) groups excluding carboxylic acids is 2. The molecule has 0 spiro atoms. The van der Waals surface area contributed by atoms with Crippen molar-refractivity contribution >= 4 is 11.9 Å². The van der Waals surface area contributed by atoms with Crippen LogP contribution in [0, 0.1) is 11.8 Å². The zero-order valence-corrected chi connectivity index (χ0v) is 18.2. The summed E-state index contributed by atoms with van der Waals surface area (Å²) in [6, 6.07) is 0. The number of alkyl halides is 12. The van der Waals surface area contributed by atoms with E-state index in [1.165, 1.54) is 0 Å². The first-order chi connectivity index (χ1) is 15.0. The summed E-state index contributed by atoms with van der Waals surface area (Å²) in [4.78, 5) is 22.6. The van der Waals surface area contributed by atoms with Crippen molar-refractivity contribution in [2.24, 2.45) is 11.8 Å². The van der Waals surface area contributed by atoms with Crippen molar-refractivity contribution in [2.45, 2.75) is 76.1 Å². The Labute approximate surface area is 185 Å². The molecule has 0 aromatic carbocycles. The zero-order valence-electron chi connectivity index (χ0n) is 18.2. The molecule has 4 nitrogen and oxygen atoms in total. The van der Waals surface area contributed by atoms with Gasteiger partial charge in [-0.3, -0.25) is 9.59 Å². The van der Waals surface area contributed by atoms with E-state index in [9.17, 15) is 62.3 Å². The molecule has 0 amide bonds. The Morgan fingerprint density at radius 3 is 1.00 bits per heavy atom. The molecule has 202 valence electrons. The van der Waals surface area contributed by atoms with Crippen LogP contribution in [0.3, 0.4) is 0 Å². The quantitative estimate of drug-likeness (QED) is 0.217. The van der Waals surface area contributed by atoms with Crippen LogP contribution in [0.25, 0.3) is 0 Å². The van der Waals surface area contributed by atoms with Crippen molar-refractivity contribution in [3.05, 3.63) is 0 Å². The third-order valence-electron chi connectivity index (χ3n) is 4.60. The molecule has 0 rings (SSSR count). The Kier molecular flexibility index (Phi) is 9.80. The van der Waals surface area contributed by atoms with E-state index in [0.717, 1.165) is 13.8 Å². The van der Waals surface area contributed by atoms with Crippen LogP contribution in [0.5, 0.6) is 0 Å². The molecule has 0 saturated carbocycles. The van der Waals surface area contributed by atoms with Crippen LogP contribution in [0.15, 0.2) is 0 Å². The molecule has 0 fully saturated rings. The van der Waals surface area contributed by atoms with Gasteiger partial charge in [-0.25, -0.2) is 0 Å². The summed E-state index contributed by atoms with van der Waals surface area (Å²) >= 11 is 0. The van der Waals surface area contributed by atoms with E-state index in [1.807, 2.05) is 0 Å². The number of halogens is 12. The van der Waals surface area contributed by atoms with E-state index in [2.05, 4.69) is 9.47 Å². The molecular weight excluding hydrogens is 508 g/mol. The van der Waals surface area contributed by atoms with E-state index < -0.39 is 85.4 Å². The average molecular weight is 530 g/mol. The molecule has 2 atom stereocenters. The largest absolute Gasteiger partial charge is 0.466 e. The lowest BCUT2D eigenvalue weighted by Crippen LogP contribution is -2.70. The summed E-state index contributed by atoms with van der Waals surface area (Å²) < 4.78 is 175. The van der Waals surface area contributed by atoms with Gasteiger partial charge in [0.15, 0.2) is 0 Å².